The van der Waals surface area contributed by atoms with Gasteiger partial charge in [0.1, 0.15) is 5.75 Å². The molecule has 72 valence electrons. The molecule has 4 heteroatoms. The lowest BCUT2D eigenvalue weighted by molar-refractivity contribution is 0.121. The number of aliphatic hydroxyl groups excluding tert-OH is 1. The first-order valence-electron chi connectivity index (χ1n) is 4.02. The summed E-state index contributed by atoms with van der Waals surface area (Å²) < 4.78 is 5.17. The smallest absolute Gasteiger partial charge is 0.170 e. The van der Waals surface area contributed by atoms with Gasteiger partial charge >= 0.3 is 0 Å². The number of hydrogen-bond acceptors (Lipinski definition) is 4. The molecule has 0 fully saturated rings. The third kappa shape index (κ3) is 2.61. The van der Waals surface area contributed by atoms with Crippen LogP contribution in [-0.4, -0.2) is 17.9 Å². The molecule has 0 saturated heterocycles. The molecule has 0 spiro atoms. The van der Waals surface area contributed by atoms with Gasteiger partial charge in [-0.2, -0.15) is 0 Å². The molecule has 1 aromatic carbocycles. The van der Waals surface area contributed by atoms with Crippen molar-refractivity contribution in [3.63, 3.8) is 0 Å². The van der Waals surface area contributed by atoms with Gasteiger partial charge in [-0.05, 0) is 30.7 Å². The summed E-state index contributed by atoms with van der Waals surface area (Å²) in [5, 5.41) is 8.65. The summed E-state index contributed by atoms with van der Waals surface area (Å²) >= 11 is 0. The SMILES string of the molecule is Cc1cc(OC(N)CO)ccc1N. The number of aryl methyl sites for hydroxylation is 1. The van der Waals surface area contributed by atoms with E-state index in [-0.39, 0.29) is 6.61 Å². The fourth-order valence-corrected chi connectivity index (χ4v) is 0.934. The van der Waals surface area contributed by atoms with E-state index < -0.39 is 6.23 Å². The van der Waals surface area contributed by atoms with E-state index in [1.54, 1.807) is 18.2 Å². The van der Waals surface area contributed by atoms with Crippen LogP contribution in [0.2, 0.25) is 0 Å². The number of hydrogen-bond donors (Lipinski definition) is 3. The maximum absolute atomic E-state index is 8.65. The van der Waals surface area contributed by atoms with E-state index in [0.717, 1.165) is 5.56 Å². The average molecular weight is 182 g/mol. The molecule has 0 saturated carbocycles. The van der Waals surface area contributed by atoms with Crippen LogP contribution in [-0.2, 0) is 0 Å². The van der Waals surface area contributed by atoms with Gasteiger partial charge in [0, 0.05) is 5.69 Å². The van der Waals surface area contributed by atoms with Crippen molar-refractivity contribution in [1.29, 1.82) is 0 Å². The lowest BCUT2D eigenvalue weighted by Gasteiger charge is -2.12. The van der Waals surface area contributed by atoms with E-state index >= 15 is 0 Å². The van der Waals surface area contributed by atoms with Gasteiger partial charge in [0.05, 0.1) is 6.61 Å². The predicted molar refractivity (Wildman–Crippen MR) is 51.3 cm³/mol. The molecular weight excluding hydrogens is 168 g/mol. The summed E-state index contributed by atoms with van der Waals surface area (Å²) in [4.78, 5) is 0. The number of anilines is 1. The quantitative estimate of drug-likeness (QED) is 0.462. The van der Waals surface area contributed by atoms with Crippen LogP contribution in [0.15, 0.2) is 18.2 Å². The first kappa shape index (κ1) is 9.83. The van der Waals surface area contributed by atoms with Gasteiger partial charge in [-0.25, -0.2) is 0 Å². The highest BCUT2D eigenvalue weighted by molar-refractivity contribution is 5.49. The van der Waals surface area contributed by atoms with E-state index in [4.69, 9.17) is 21.3 Å². The van der Waals surface area contributed by atoms with Crippen LogP contribution >= 0.6 is 0 Å². The van der Waals surface area contributed by atoms with Crippen LogP contribution in [0.3, 0.4) is 0 Å². The van der Waals surface area contributed by atoms with Crippen molar-refractivity contribution in [3.05, 3.63) is 23.8 Å². The molecule has 0 aliphatic heterocycles. The van der Waals surface area contributed by atoms with Gasteiger partial charge in [-0.15, -0.1) is 0 Å². The highest BCUT2D eigenvalue weighted by Gasteiger charge is 2.02. The fourth-order valence-electron chi connectivity index (χ4n) is 0.934. The van der Waals surface area contributed by atoms with E-state index in [1.165, 1.54) is 0 Å². The minimum atomic E-state index is -0.678. The molecule has 0 heterocycles. The molecule has 13 heavy (non-hydrogen) atoms. The zero-order valence-electron chi connectivity index (χ0n) is 7.53. The van der Waals surface area contributed by atoms with Crippen molar-refractivity contribution in [1.82, 2.24) is 0 Å². The molecule has 0 aromatic heterocycles. The monoisotopic (exact) mass is 182 g/mol. The normalized spacial score (nSPS) is 12.5. The first-order valence-corrected chi connectivity index (χ1v) is 4.02. The number of ether oxygens (including phenoxy) is 1. The van der Waals surface area contributed by atoms with Crippen LogP contribution in [0.1, 0.15) is 5.56 Å². The molecule has 0 amide bonds. The molecule has 1 rings (SSSR count). The second-order valence-corrected chi connectivity index (χ2v) is 2.86. The molecular formula is C9H14N2O2. The molecule has 1 aromatic rings. The third-order valence-electron chi connectivity index (χ3n) is 1.71. The first-order chi connectivity index (χ1) is 6.13. The minimum absolute atomic E-state index is 0.205. The second-order valence-electron chi connectivity index (χ2n) is 2.86. The molecule has 5 N–H and O–H groups in total. The number of nitrogens with two attached hydrogens (primary N) is 2. The molecule has 0 aliphatic carbocycles. The lowest BCUT2D eigenvalue weighted by Crippen LogP contribution is -2.30. The molecule has 0 bridgehead atoms. The van der Waals surface area contributed by atoms with Crippen LogP contribution in [0.25, 0.3) is 0 Å². The summed E-state index contributed by atoms with van der Waals surface area (Å²) in [6.07, 6.45) is -0.678. The zero-order chi connectivity index (χ0) is 9.84. The van der Waals surface area contributed by atoms with Gasteiger partial charge in [-0.3, -0.25) is 5.73 Å². The van der Waals surface area contributed by atoms with E-state index in [9.17, 15) is 0 Å². The highest BCUT2D eigenvalue weighted by Crippen LogP contribution is 2.18. The fraction of sp³-hybridized carbons (Fsp3) is 0.333. The predicted octanol–water partition coefficient (Wildman–Crippen LogP) is 0.233. The van der Waals surface area contributed by atoms with Gasteiger partial charge in [0.25, 0.3) is 0 Å². The molecule has 1 unspecified atom stereocenters. The van der Waals surface area contributed by atoms with E-state index in [0.29, 0.717) is 11.4 Å². The molecule has 0 aliphatic rings. The van der Waals surface area contributed by atoms with Crippen molar-refractivity contribution in [2.75, 3.05) is 12.3 Å². The van der Waals surface area contributed by atoms with E-state index in [1.807, 2.05) is 6.92 Å². The largest absolute Gasteiger partial charge is 0.473 e. The second kappa shape index (κ2) is 4.11. The summed E-state index contributed by atoms with van der Waals surface area (Å²) in [5.41, 5.74) is 12.7. The number of rotatable bonds is 3. The Balaban J connectivity index is 2.73. The van der Waals surface area contributed by atoms with E-state index in [2.05, 4.69) is 0 Å². The Hall–Kier alpha value is -1.26. The number of aliphatic hydroxyl groups is 1. The highest BCUT2D eigenvalue weighted by atomic mass is 16.5. The van der Waals surface area contributed by atoms with Crippen LogP contribution in [0.5, 0.6) is 5.75 Å². The Kier molecular flexibility index (Phi) is 3.11. The van der Waals surface area contributed by atoms with Gasteiger partial charge in [0.15, 0.2) is 6.23 Å². The third-order valence-corrected chi connectivity index (χ3v) is 1.71. The topological polar surface area (TPSA) is 81.5 Å². The maximum Gasteiger partial charge on any atom is 0.170 e. The van der Waals surface area contributed by atoms with Crippen molar-refractivity contribution in [2.45, 2.75) is 13.2 Å². The number of benzene rings is 1. The Labute approximate surface area is 77.1 Å². The van der Waals surface area contributed by atoms with Gasteiger partial charge < -0.3 is 15.6 Å². The maximum atomic E-state index is 8.65. The Morgan fingerprint density at radius 2 is 2.23 bits per heavy atom. The summed E-state index contributed by atoms with van der Waals surface area (Å²) in [6, 6.07) is 5.25. The average Bonchev–Trinajstić information content (AvgIpc) is 2.11. The summed E-state index contributed by atoms with van der Waals surface area (Å²) in [7, 11) is 0. The summed E-state index contributed by atoms with van der Waals surface area (Å²) in [5.74, 6) is 0.619. The molecule has 4 nitrogen and oxygen atoms in total. The van der Waals surface area contributed by atoms with Crippen molar-refractivity contribution in [3.8, 4) is 5.75 Å². The van der Waals surface area contributed by atoms with Crippen molar-refractivity contribution >= 4 is 5.69 Å². The van der Waals surface area contributed by atoms with Crippen molar-refractivity contribution < 1.29 is 9.84 Å². The Bertz CT molecular complexity index is 289. The van der Waals surface area contributed by atoms with Crippen LogP contribution in [0, 0.1) is 6.92 Å². The lowest BCUT2D eigenvalue weighted by atomic mass is 10.2. The van der Waals surface area contributed by atoms with Crippen LogP contribution in [0.4, 0.5) is 5.69 Å². The van der Waals surface area contributed by atoms with Crippen molar-refractivity contribution in [2.24, 2.45) is 5.73 Å². The summed E-state index contributed by atoms with van der Waals surface area (Å²) in [6.45, 7) is 1.68. The Morgan fingerprint density at radius 3 is 2.77 bits per heavy atom. The Morgan fingerprint density at radius 1 is 1.54 bits per heavy atom. The van der Waals surface area contributed by atoms with Gasteiger partial charge in [-0.1, -0.05) is 0 Å². The minimum Gasteiger partial charge on any atom is -0.473 e. The molecule has 1 atom stereocenters. The van der Waals surface area contributed by atoms with Crippen LogP contribution < -0.4 is 16.2 Å². The zero-order valence-corrected chi connectivity index (χ0v) is 7.53. The number of nitrogen functional groups attached to an aromatic ring is 1. The van der Waals surface area contributed by atoms with Gasteiger partial charge in [0.2, 0.25) is 0 Å². The standard InChI is InChI=1S/C9H14N2O2/c1-6-4-7(2-3-8(6)10)13-9(11)5-12/h2-4,9,12H,5,10-11H2,1H3. The molecule has 0 radical (unpaired) electrons.